The molecule has 1 aromatic heterocycles. The number of pyridine rings is 1. The molecule has 2 rings (SSSR count). The Morgan fingerprint density at radius 1 is 1.33 bits per heavy atom. The molecule has 1 N–H and O–H groups in total. The minimum atomic E-state index is -0.193. The minimum absolute atomic E-state index is 0.156. The number of aromatic nitrogens is 1. The first kappa shape index (κ1) is 10.6. The van der Waals surface area contributed by atoms with Crippen molar-refractivity contribution in [2.45, 2.75) is 38.2 Å². The average Bonchev–Trinajstić information content (AvgIpc) is 2.26. The zero-order valence-electron chi connectivity index (χ0n) is 8.46. The van der Waals surface area contributed by atoms with Crippen LogP contribution in [-0.4, -0.2) is 11.1 Å². The van der Waals surface area contributed by atoms with Crippen LogP contribution in [0.15, 0.2) is 17.1 Å². The van der Waals surface area contributed by atoms with E-state index in [9.17, 15) is 4.79 Å². The van der Waals surface area contributed by atoms with Gasteiger partial charge in [-0.1, -0.05) is 18.0 Å². The molecule has 1 heterocycles. The van der Waals surface area contributed by atoms with Crippen molar-refractivity contribution in [2.75, 3.05) is 0 Å². The van der Waals surface area contributed by atoms with Crippen LogP contribution in [0.3, 0.4) is 0 Å². The highest BCUT2D eigenvalue weighted by Crippen LogP contribution is 2.24. The molecule has 82 valence electrons. The van der Waals surface area contributed by atoms with Crippen LogP contribution in [0, 0.1) is 0 Å². The quantitative estimate of drug-likeness (QED) is 0.844. The Hall–Kier alpha value is -0.960. The van der Waals surface area contributed by atoms with Crippen molar-refractivity contribution in [1.29, 1.82) is 0 Å². The van der Waals surface area contributed by atoms with Gasteiger partial charge in [0.15, 0.2) is 0 Å². The van der Waals surface area contributed by atoms with Crippen molar-refractivity contribution in [2.24, 2.45) is 0 Å². The second kappa shape index (κ2) is 4.71. The van der Waals surface area contributed by atoms with Gasteiger partial charge in [-0.3, -0.25) is 4.79 Å². The predicted molar refractivity (Wildman–Crippen MR) is 59.6 cm³/mol. The van der Waals surface area contributed by atoms with Crippen LogP contribution in [-0.2, 0) is 0 Å². The highest BCUT2D eigenvalue weighted by Gasteiger charge is 2.16. The number of H-pyrrole nitrogens is 1. The zero-order chi connectivity index (χ0) is 10.7. The Labute approximate surface area is 93.4 Å². The second-order valence-corrected chi connectivity index (χ2v) is 4.24. The van der Waals surface area contributed by atoms with Crippen LogP contribution in [0.5, 0.6) is 5.88 Å². The number of halogens is 1. The smallest absolute Gasteiger partial charge is 0.214 e. The minimum Gasteiger partial charge on any atom is -0.475 e. The van der Waals surface area contributed by atoms with Crippen molar-refractivity contribution in [3.05, 3.63) is 27.5 Å². The van der Waals surface area contributed by atoms with Gasteiger partial charge in [0.2, 0.25) is 11.3 Å². The van der Waals surface area contributed by atoms with Crippen molar-refractivity contribution >= 4 is 11.6 Å². The Balaban J connectivity index is 2.09. The largest absolute Gasteiger partial charge is 0.475 e. The summed E-state index contributed by atoms with van der Waals surface area (Å²) in [4.78, 5) is 14.1. The highest BCUT2D eigenvalue weighted by atomic mass is 35.5. The lowest BCUT2D eigenvalue weighted by Crippen LogP contribution is -2.21. The summed E-state index contributed by atoms with van der Waals surface area (Å²) in [6, 6.07) is 1.40. The lowest BCUT2D eigenvalue weighted by atomic mass is 9.98. The molecule has 0 aliphatic heterocycles. The Morgan fingerprint density at radius 2 is 2.07 bits per heavy atom. The molecule has 4 heteroatoms. The number of aromatic amines is 1. The van der Waals surface area contributed by atoms with Gasteiger partial charge in [-0.15, -0.1) is 0 Å². The van der Waals surface area contributed by atoms with E-state index >= 15 is 0 Å². The SMILES string of the molecule is O=c1cc[nH]c(OC2CCCCC2)c1Cl. The molecular formula is C11H14ClNO2. The number of rotatable bonds is 2. The average molecular weight is 228 g/mol. The zero-order valence-corrected chi connectivity index (χ0v) is 9.22. The van der Waals surface area contributed by atoms with Crippen molar-refractivity contribution < 1.29 is 4.74 Å². The monoisotopic (exact) mass is 227 g/mol. The Bertz CT molecular complexity index is 382. The Morgan fingerprint density at radius 3 is 2.80 bits per heavy atom. The molecular weight excluding hydrogens is 214 g/mol. The van der Waals surface area contributed by atoms with Crippen LogP contribution in [0.4, 0.5) is 0 Å². The molecule has 1 aliphatic carbocycles. The van der Waals surface area contributed by atoms with Crippen LogP contribution >= 0.6 is 11.6 Å². The number of hydrogen-bond donors (Lipinski definition) is 1. The van der Waals surface area contributed by atoms with Gasteiger partial charge in [0, 0.05) is 12.3 Å². The van der Waals surface area contributed by atoms with Crippen LogP contribution in [0.2, 0.25) is 5.02 Å². The standard InChI is InChI=1S/C11H14ClNO2/c12-10-9(14)6-7-13-11(10)15-8-4-2-1-3-5-8/h6-8H,1-5H2,(H,13,14). The number of nitrogens with one attached hydrogen (secondary N) is 1. The van der Waals surface area contributed by atoms with Gasteiger partial charge in [0.05, 0.1) is 0 Å². The van der Waals surface area contributed by atoms with E-state index in [0.29, 0.717) is 5.88 Å². The first-order valence-electron chi connectivity index (χ1n) is 5.31. The first-order valence-corrected chi connectivity index (χ1v) is 5.69. The van der Waals surface area contributed by atoms with Gasteiger partial charge in [-0.25, -0.2) is 0 Å². The molecule has 0 bridgehead atoms. The van der Waals surface area contributed by atoms with E-state index in [0.717, 1.165) is 12.8 Å². The summed E-state index contributed by atoms with van der Waals surface area (Å²) in [7, 11) is 0. The summed E-state index contributed by atoms with van der Waals surface area (Å²) in [5.74, 6) is 0.413. The first-order chi connectivity index (χ1) is 7.27. The highest BCUT2D eigenvalue weighted by molar-refractivity contribution is 6.31. The van der Waals surface area contributed by atoms with Crippen molar-refractivity contribution in [1.82, 2.24) is 4.98 Å². The summed E-state index contributed by atoms with van der Waals surface area (Å²) in [6.07, 6.45) is 7.53. The molecule has 0 aromatic carbocycles. The Kier molecular flexibility index (Phi) is 3.31. The van der Waals surface area contributed by atoms with Gasteiger partial charge in [-0.2, -0.15) is 0 Å². The van der Waals surface area contributed by atoms with Gasteiger partial charge < -0.3 is 9.72 Å². The van der Waals surface area contributed by atoms with Crippen LogP contribution in [0.25, 0.3) is 0 Å². The molecule has 1 saturated carbocycles. The van der Waals surface area contributed by atoms with E-state index in [2.05, 4.69) is 4.98 Å². The molecule has 0 saturated heterocycles. The fourth-order valence-electron chi connectivity index (χ4n) is 1.88. The van der Waals surface area contributed by atoms with E-state index in [1.165, 1.54) is 25.3 Å². The third kappa shape index (κ3) is 2.53. The summed E-state index contributed by atoms with van der Waals surface area (Å²) in [5, 5.41) is 0.156. The van der Waals surface area contributed by atoms with Crippen LogP contribution < -0.4 is 10.2 Å². The third-order valence-electron chi connectivity index (χ3n) is 2.70. The van der Waals surface area contributed by atoms with E-state index in [1.807, 2.05) is 0 Å². The lowest BCUT2D eigenvalue weighted by Gasteiger charge is -2.22. The molecule has 0 amide bonds. The predicted octanol–water partition coefficient (Wildman–Crippen LogP) is 2.74. The number of ether oxygens (including phenoxy) is 1. The van der Waals surface area contributed by atoms with E-state index < -0.39 is 0 Å². The third-order valence-corrected chi connectivity index (χ3v) is 3.06. The van der Waals surface area contributed by atoms with Crippen LogP contribution in [0.1, 0.15) is 32.1 Å². The molecule has 1 fully saturated rings. The molecule has 1 aromatic rings. The molecule has 15 heavy (non-hydrogen) atoms. The fourth-order valence-corrected chi connectivity index (χ4v) is 2.04. The van der Waals surface area contributed by atoms with Gasteiger partial charge in [0.1, 0.15) is 11.1 Å². The topological polar surface area (TPSA) is 42.1 Å². The van der Waals surface area contributed by atoms with Crippen molar-refractivity contribution in [3.63, 3.8) is 0 Å². The lowest BCUT2D eigenvalue weighted by molar-refractivity contribution is 0.148. The number of hydrogen-bond acceptors (Lipinski definition) is 2. The molecule has 0 spiro atoms. The fraction of sp³-hybridized carbons (Fsp3) is 0.545. The summed E-state index contributed by atoms with van der Waals surface area (Å²) in [6.45, 7) is 0. The van der Waals surface area contributed by atoms with Crippen molar-refractivity contribution in [3.8, 4) is 5.88 Å². The molecule has 0 radical (unpaired) electrons. The summed E-state index contributed by atoms with van der Waals surface area (Å²) < 4.78 is 5.68. The molecule has 0 unspecified atom stereocenters. The molecule has 0 atom stereocenters. The van der Waals surface area contributed by atoms with Gasteiger partial charge in [-0.05, 0) is 25.7 Å². The maximum Gasteiger partial charge on any atom is 0.214 e. The van der Waals surface area contributed by atoms with E-state index in [1.54, 1.807) is 6.20 Å². The second-order valence-electron chi connectivity index (χ2n) is 3.86. The maximum absolute atomic E-state index is 11.2. The van der Waals surface area contributed by atoms with Gasteiger partial charge >= 0.3 is 0 Å². The van der Waals surface area contributed by atoms with E-state index in [4.69, 9.17) is 16.3 Å². The normalized spacial score (nSPS) is 17.7. The molecule has 1 aliphatic rings. The molecule has 3 nitrogen and oxygen atoms in total. The maximum atomic E-state index is 11.2. The summed E-state index contributed by atoms with van der Waals surface area (Å²) in [5.41, 5.74) is -0.193. The van der Waals surface area contributed by atoms with E-state index in [-0.39, 0.29) is 16.6 Å². The summed E-state index contributed by atoms with van der Waals surface area (Å²) >= 11 is 5.84. The van der Waals surface area contributed by atoms with Gasteiger partial charge in [0.25, 0.3) is 0 Å².